The quantitative estimate of drug-likeness (QED) is 0.680. The molecule has 2 amide bonds. The van der Waals surface area contributed by atoms with Crippen molar-refractivity contribution in [1.82, 2.24) is 9.80 Å². The molecule has 0 aromatic heterocycles. The first-order valence-electron chi connectivity index (χ1n) is 8.80. The van der Waals surface area contributed by atoms with Crippen molar-refractivity contribution in [2.75, 3.05) is 26.2 Å². The molecule has 1 fully saturated rings. The maximum Gasteiger partial charge on any atom is 0.263 e. The number of hydrogen-bond acceptors (Lipinski definition) is 3. The zero-order valence-corrected chi connectivity index (χ0v) is 17.5. The van der Waals surface area contributed by atoms with Crippen LogP contribution < -0.4 is 4.74 Å². The van der Waals surface area contributed by atoms with Crippen LogP contribution in [0.1, 0.15) is 17.3 Å². The summed E-state index contributed by atoms with van der Waals surface area (Å²) in [5, 5.41) is 0.0834. The zero-order chi connectivity index (χ0) is 20.3. The number of rotatable bonds is 4. The molecule has 1 saturated heterocycles. The minimum Gasteiger partial charge on any atom is -0.481 e. The van der Waals surface area contributed by atoms with Gasteiger partial charge in [-0.2, -0.15) is 0 Å². The molecule has 0 N–H and O–H groups in total. The van der Waals surface area contributed by atoms with Gasteiger partial charge in [-0.1, -0.05) is 27.5 Å². The fraction of sp³-hybridized carbons (Fsp3) is 0.300. The van der Waals surface area contributed by atoms with Crippen LogP contribution in [0.5, 0.6) is 5.75 Å². The van der Waals surface area contributed by atoms with Gasteiger partial charge in [0.1, 0.15) is 11.6 Å². The summed E-state index contributed by atoms with van der Waals surface area (Å²) in [6.45, 7) is 3.27. The average molecular weight is 470 g/mol. The summed E-state index contributed by atoms with van der Waals surface area (Å²) in [6.07, 6.45) is -0.630. The second-order valence-electron chi connectivity index (χ2n) is 6.46. The van der Waals surface area contributed by atoms with E-state index in [1.54, 1.807) is 28.9 Å². The third-order valence-electron chi connectivity index (χ3n) is 4.51. The molecular weight excluding hydrogens is 451 g/mol. The Balaban J connectivity index is 1.56. The first kappa shape index (κ1) is 20.6. The van der Waals surface area contributed by atoms with E-state index in [-0.39, 0.29) is 22.4 Å². The number of benzene rings is 2. The number of amides is 2. The van der Waals surface area contributed by atoms with E-state index in [2.05, 4.69) is 15.9 Å². The summed E-state index contributed by atoms with van der Waals surface area (Å²) in [4.78, 5) is 28.5. The number of nitrogens with zero attached hydrogens (tertiary/aromatic N) is 2. The lowest BCUT2D eigenvalue weighted by molar-refractivity contribution is -0.139. The molecule has 1 aliphatic rings. The lowest BCUT2D eigenvalue weighted by atomic mass is 10.1. The van der Waals surface area contributed by atoms with E-state index in [1.807, 2.05) is 12.1 Å². The summed E-state index contributed by atoms with van der Waals surface area (Å²) >= 11 is 9.33. The highest BCUT2D eigenvalue weighted by Gasteiger charge is 2.29. The minimum atomic E-state index is -0.630. The highest BCUT2D eigenvalue weighted by molar-refractivity contribution is 9.10. The lowest BCUT2D eigenvalue weighted by Gasteiger charge is -2.36. The summed E-state index contributed by atoms with van der Waals surface area (Å²) in [6, 6.07) is 11.0. The maximum absolute atomic E-state index is 13.2. The molecule has 0 saturated carbocycles. The highest BCUT2D eigenvalue weighted by atomic mass is 79.9. The van der Waals surface area contributed by atoms with E-state index in [9.17, 15) is 14.0 Å². The SMILES string of the molecule is CC(Oc1ccc(Br)cc1)C(=O)N1CCN(C(=O)c2ccc(F)cc2Cl)CC1. The number of halogens is 3. The second kappa shape index (κ2) is 8.92. The second-order valence-corrected chi connectivity index (χ2v) is 7.78. The Morgan fingerprint density at radius 3 is 2.29 bits per heavy atom. The molecule has 1 atom stereocenters. The predicted molar refractivity (Wildman–Crippen MR) is 108 cm³/mol. The molecule has 5 nitrogen and oxygen atoms in total. The van der Waals surface area contributed by atoms with Crippen LogP contribution in [0.15, 0.2) is 46.9 Å². The van der Waals surface area contributed by atoms with Crippen LogP contribution in [0.3, 0.4) is 0 Å². The van der Waals surface area contributed by atoms with E-state index in [4.69, 9.17) is 16.3 Å². The van der Waals surface area contributed by atoms with Gasteiger partial charge in [-0.25, -0.2) is 4.39 Å². The van der Waals surface area contributed by atoms with Gasteiger partial charge in [-0.05, 0) is 49.4 Å². The monoisotopic (exact) mass is 468 g/mol. The van der Waals surface area contributed by atoms with E-state index >= 15 is 0 Å². The molecule has 0 aliphatic carbocycles. The van der Waals surface area contributed by atoms with E-state index in [0.717, 1.165) is 10.5 Å². The molecule has 0 spiro atoms. The van der Waals surface area contributed by atoms with Gasteiger partial charge in [-0.15, -0.1) is 0 Å². The average Bonchev–Trinajstić information content (AvgIpc) is 2.69. The van der Waals surface area contributed by atoms with Crippen molar-refractivity contribution in [3.05, 3.63) is 63.3 Å². The van der Waals surface area contributed by atoms with Gasteiger partial charge in [0.15, 0.2) is 6.10 Å². The standard InChI is InChI=1S/C20H19BrClFN2O3/c1-13(28-16-5-2-14(21)3-6-16)19(26)24-8-10-25(11-9-24)20(27)17-7-4-15(23)12-18(17)22/h2-7,12-13H,8-11H2,1H3. The number of ether oxygens (including phenoxy) is 1. The Labute approximate surface area is 176 Å². The first-order chi connectivity index (χ1) is 13.3. The third-order valence-corrected chi connectivity index (χ3v) is 5.36. The number of carbonyl (C=O) groups is 2. The molecule has 1 aliphatic heterocycles. The van der Waals surface area contributed by atoms with Gasteiger partial charge in [0.25, 0.3) is 11.8 Å². The molecule has 2 aromatic carbocycles. The predicted octanol–water partition coefficient (Wildman–Crippen LogP) is 3.99. The Kier molecular flexibility index (Phi) is 6.57. The zero-order valence-electron chi connectivity index (χ0n) is 15.2. The number of piperazine rings is 1. The van der Waals surface area contributed by atoms with Gasteiger partial charge >= 0.3 is 0 Å². The molecule has 0 bridgehead atoms. The van der Waals surface area contributed by atoms with Crippen LogP contribution in [0.2, 0.25) is 5.02 Å². The van der Waals surface area contributed by atoms with Crippen LogP contribution >= 0.6 is 27.5 Å². The topological polar surface area (TPSA) is 49.9 Å². The first-order valence-corrected chi connectivity index (χ1v) is 9.97. The van der Waals surface area contributed by atoms with Gasteiger partial charge in [0.2, 0.25) is 0 Å². The largest absolute Gasteiger partial charge is 0.481 e. The lowest BCUT2D eigenvalue weighted by Crippen LogP contribution is -2.53. The van der Waals surface area contributed by atoms with Crippen LogP contribution in [0.25, 0.3) is 0 Å². The smallest absolute Gasteiger partial charge is 0.263 e. The molecule has 0 radical (unpaired) electrons. The van der Waals surface area contributed by atoms with E-state index < -0.39 is 11.9 Å². The van der Waals surface area contributed by atoms with Crippen molar-refractivity contribution in [3.8, 4) is 5.75 Å². The van der Waals surface area contributed by atoms with Crippen LogP contribution in [-0.2, 0) is 4.79 Å². The highest BCUT2D eigenvalue weighted by Crippen LogP contribution is 2.21. The fourth-order valence-corrected chi connectivity index (χ4v) is 3.50. The van der Waals surface area contributed by atoms with E-state index in [0.29, 0.717) is 31.9 Å². The summed E-state index contributed by atoms with van der Waals surface area (Å²) in [5.74, 6) is -0.272. The Morgan fingerprint density at radius 1 is 1.07 bits per heavy atom. The molecule has 28 heavy (non-hydrogen) atoms. The summed E-state index contributed by atoms with van der Waals surface area (Å²) < 4.78 is 19.8. The molecule has 148 valence electrons. The number of hydrogen-bond donors (Lipinski definition) is 0. The molecular formula is C20H19BrClFN2O3. The van der Waals surface area contributed by atoms with Crippen molar-refractivity contribution < 1.29 is 18.7 Å². The molecule has 2 aromatic rings. The van der Waals surface area contributed by atoms with Crippen molar-refractivity contribution in [2.45, 2.75) is 13.0 Å². The third kappa shape index (κ3) is 4.83. The van der Waals surface area contributed by atoms with Crippen molar-refractivity contribution in [2.24, 2.45) is 0 Å². The molecule has 1 heterocycles. The normalized spacial score (nSPS) is 15.3. The maximum atomic E-state index is 13.2. The Hall–Kier alpha value is -2.12. The van der Waals surface area contributed by atoms with Gasteiger partial charge in [0, 0.05) is 30.7 Å². The van der Waals surface area contributed by atoms with Crippen LogP contribution in [0.4, 0.5) is 4.39 Å². The van der Waals surface area contributed by atoms with Crippen LogP contribution in [-0.4, -0.2) is 53.9 Å². The molecule has 1 unspecified atom stereocenters. The number of carbonyl (C=O) groups excluding carboxylic acids is 2. The van der Waals surface area contributed by atoms with Crippen molar-refractivity contribution in [1.29, 1.82) is 0 Å². The van der Waals surface area contributed by atoms with Gasteiger partial charge in [-0.3, -0.25) is 9.59 Å². The Bertz CT molecular complexity index is 870. The van der Waals surface area contributed by atoms with Gasteiger partial charge in [0.05, 0.1) is 10.6 Å². The van der Waals surface area contributed by atoms with Crippen molar-refractivity contribution >= 4 is 39.3 Å². The molecule has 8 heteroatoms. The van der Waals surface area contributed by atoms with E-state index in [1.165, 1.54) is 12.1 Å². The fourth-order valence-electron chi connectivity index (χ4n) is 2.99. The Morgan fingerprint density at radius 2 is 1.68 bits per heavy atom. The van der Waals surface area contributed by atoms with Crippen LogP contribution in [0, 0.1) is 5.82 Å². The van der Waals surface area contributed by atoms with Gasteiger partial charge < -0.3 is 14.5 Å². The minimum absolute atomic E-state index is 0.0834. The summed E-state index contributed by atoms with van der Waals surface area (Å²) in [5.41, 5.74) is 0.259. The van der Waals surface area contributed by atoms with Crippen molar-refractivity contribution in [3.63, 3.8) is 0 Å². The molecule has 3 rings (SSSR count). The summed E-state index contributed by atoms with van der Waals surface area (Å²) in [7, 11) is 0.